The number of hydrogen-bond donors (Lipinski definition) is 1. The molecule has 1 aliphatic heterocycles. The van der Waals surface area contributed by atoms with Gasteiger partial charge in [0.05, 0.1) is 35.1 Å². The van der Waals surface area contributed by atoms with Gasteiger partial charge < -0.3 is 9.84 Å². The second-order valence-electron chi connectivity index (χ2n) is 9.46. The van der Waals surface area contributed by atoms with Crippen molar-refractivity contribution < 1.29 is 9.84 Å². The monoisotopic (exact) mass is 432 g/mol. The first-order valence-corrected chi connectivity index (χ1v) is 11.0. The minimum Gasteiger partial charge on any atom is -0.390 e. The number of aromatic nitrogens is 4. The Kier molecular flexibility index (Phi) is 4.91. The smallest absolute Gasteiger partial charge is 0.331 e. The average Bonchev–Trinajstić information content (AvgIpc) is 3.31. The van der Waals surface area contributed by atoms with Gasteiger partial charge in [-0.25, -0.2) is 4.79 Å². The highest BCUT2D eigenvalue weighted by molar-refractivity contribution is 5.85. The molecular weight excluding hydrogens is 404 g/mol. The van der Waals surface area contributed by atoms with Gasteiger partial charge in [0.1, 0.15) is 5.72 Å². The highest BCUT2D eigenvalue weighted by atomic mass is 16.5. The van der Waals surface area contributed by atoms with Crippen LogP contribution in [0.15, 0.2) is 53.7 Å². The van der Waals surface area contributed by atoms with Gasteiger partial charge in [-0.05, 0) is 50.6 Å². The van der Waals surface area contributed by atoms with Gasteiger partial charge in [-0.1, -0.05) is 24.3 Å². The summed E-state index contributed by atoms with van der Waals surface area (Å²) in [5.41, 5.74) is 1.56. The first-order valence-electron chi connectivity index (χ1n) is 11.0. The quantitative estimate of drug-likeness (QED) is 0.521. The molecule has 0 bridgehead atoms. The van der Waals surface area contributed by atoms with Gasteiger partial charge in [0, 0.05) is 30.8 Å². The number of benzene rings is 1. The zero-order valence-electron chi connectivity index (χ0n) is 18.7. The lowest BCUT2D eigenvalue weighted by Gasteiger charge is -2.24. The first kappa shape index (κ1) is 20.8. The van der Waals surface area contributed by atoms with Crippen molar-refractivity contribution in [2.24, 2.45) is 0 Å². The van der Waals surface area contributed by atoms with E-state index in [1.165, 1.54) is 0 Å². The molecule has 0 spiro atoms. The summed E-state index contributed by atoms with van der Waals surface area (Å²) in [6.07, 6.45) is 7.40. The third-order valence-electron chi connectivity index (χ3n) is 6.31. The lowest BCUT2D eigenvalue weighted by atomic mass is 9.93. The minimum absolute atomic E-state index is 0.137. The van der Waals surface area contributed by atoms with Crippen LogP contribution in [0, 0.1) is 0 Å². The molecule has 0 saturated carbocycles. The van der Waals surface area contributed by atoms with Gasteiger partial charge in [-0.2, -0.15) is 0 Å². The Bertz CT molecular complexity index is 1360. The molecule has 0 amide bonds. The van der Waals surface area contributed by atoms with Crippen LogP contribution >= 0.6 is 0 Å². The van der Waals surface area contributed by atoms with Crippen LogP contribution in [0.3, 0.4) is 0 Å². The van der Waals surface area contributed by atoms with E-state index in [9.17, 15) is 9.90 Å². The van der Waals surface area contributed by atoms with E-state index < -0.39 is 11.3 Å². The summed E-state index contributed by atoms with van der Waals surface area (Å²) in [5, 5.41) is 12.7. The van der Waals surface area contributed by atoms with Gasteiger partial charge in [0.15, 0.2) is 0 Å². The summed E-state index contributed by atoms with van der Waals surface area (Å²) in [6.45, 7) is 6.49. The molecule has 1 atom stereocenters. The number of fused-ring (bicyclic) bond motifs is 2. The van der Waals surface area contributed by atoms with Crippen molar-refractivity contribution >= 4 is 21.8 Å². The van der Waals surface area contributed by atoms with Crippen LogP contribution in [0.25, 0.3) is 21.8 Å². The summed E-state index contributed by atoms with van der Waals surface area (Å²) in [6, 6.07) is 9.89. The molecule has 0 aliphatic carbocycles. The van der Waals surface area contributed by atoms with Crippen molar-refractivity contribution in [2.45, 2.75) is 57.9 Å². The Morgan fingerprint density at radius 1 is 1.19 bits per heavy atom. The van der Waals surface area contributed by atoms with Gasteiger partial charge in [-0.15, -0.1) is 0 Å². The second kappa shape index (κ2) is 7.53. The summed E-state index contributed by atoms with van der Waals surface area (Å²) >= 11 is 0. The third kappa shape index (κ3) is 3.51. The fourth-order valence-electron chi connectivity index (χ4n) is 4.83. The van der Waals surface area contributed by atoms with Crippen LogP contribution < -0.4 is 5.69 Å². The van der Waals surface area contributed by atoms with Crippen molar-refractivity contribution in [1.82, 2.24) is 19.1 Å². The highest BCUT2D eigenvalue weighted by Gasteiger charge is 2.36. The highest BCUT2D eigenvalue weighted by Crippen LogP contribution is 2.32. The summed E-state index contributed by atoms with van der Waals surface area (Å²) < 4.78 is 9.49. The number of pyridine rings is 2. The molecule has 4 heterocycles. The molecule has 7 heteroatoms. The van der Waals surface area contributed by atoms with Crippen LogP contribution in [0.2, 0.25) is 0 Å². The van der Waals surface area contributed by atoms with E-state index in [2.05, 4.69) is 4.98 Å². The van der Waals surface area contributed by atoms with E-state index in [4.69, 9.17) is 9.72 Å². The Morgan fingerprint density at radius 2 is 2.00 bits per heavy atom. The third-order valence-corrected chi connectivity index (χ3v) is 6.31. The predicted molar refractivity (Wildman–Crippen MR) is 124 cm³/mol. The Morgan fingerprint density at radius 3 is 2.75 bits per heavy atom. The lowest BCUT2D eigenvalue weighted by Crippen LogP contribution is -2.39. The molecule has 5 rings (SSSR count). The van der Waals surface area contributed by atoms with Gasteiger partial charge >= 0.3 is 5.69 Å². The predicted octanol–water partition coefficient (Wildman–Crippen LogP) is 3.59. The Labute approximate surface area is 186 Å². The van der Waals surface area contributed by atoms with Gasteiger partial charge in [0.25, 0.3) is 0 Å². The molecule has 1 saturated heterocycles. The van der Waals surface area contributed by atoms with Crippen molar-refractivity contribution in [3.05, 3.63) is 70.7 Å². The normalized spacial score (nSPS) is 19.2. The molecular formula is C25H28N4O3. The Hall–Kier alpha value is -3.03. The molecule has 32 heavy (non-hydrogen) atoms. The molecule has 1 aromatic carbocycles. The maximum absolute atomic E-state index is 13.7. The van der Waals surface area contributed by atoms with Crippen molar-refractivity contribution in [3.8, 4) is 0 Å². The summed E-state index contributed by atoms with van der Waals surface area (Å²) in [5.74, 6) is 0. The molecule has 1 N–H and O–H groups in total. The number of ether oxygens (including phenoxy) is 1. The molecule has 0 radical (unpaired) electrons. The zero-order valence-corrected chi connectivity index (χ0v) is 18.7. The lowest BCUT2D eigenvalue weighted by molar-refractivity contribution is -0.0455. The number of imidazole rings is 1. The summed E-state index contributed by atoms with van der Waals surface area (Å²) in [4.78, 5) is 22.7. The van der Waals surface area contributed by atoms with Crippen molar-refractivity contribution in [1.29, 1.82) is 0 Å². The fourth-order valence-corrected chi connectivity index (χ4v) is 4.83. The second-order valence-corrected chi connectivity index (χ2v) is 9.46. The molecule has 4 aromatic rings. The van der Waals surface area contributed by atoms with Crippen LogP contribution in [0.1, 0.15) is 44.9 Å². The maximum atomic E-state index is 13.7. The van der Waals surface area contributed by atoms with Crippen molar-refractivity contribution in [2.75, 3.05) is 6.61 Å². The number of rotatable bonds is 5. The number of aliphatic hydroxyl groups is 1. The first-order chi connectivity index (χ1) is 15.3. The molecule has 7 nitrogen and oxygen atoms in total. The van der Waals surface area contributed by atoms with E-state index >= 15 is 0 Å². The van der Waals surface area contributed by atoms with E-state index in [-0.39, 0.29) is 5.69 Å². The average molecular weight is 433 g/mol. The van der Waals surface area contributed by atoms with E-state index in [1.54, 1.807) is 35.4 Å². The maximum Gasteiger partial charge on any atom is 0.331 e. The molecule has 166 valence electrons. The molecule has 3 aromatic heterocycles. The SMILES string of the molecule is CC(C)(O)Cc1c(Cn2c(=O)n([C@]3(C)CCCO3)c3ccncc32)ncc2ccccc12. The van der Waals surface area contributed by atoms with Gasteiger partial charge in [-0.3, -0.25) is 19.1 Å². The minimum atomic E-state index is -0.910. The van der Waals surface area contributed by atoms with E-state index in [0.717, 1.165) is 45.9 Å². The van der Waals surface area contributed by atoms with Crippen LogP contribution in [0.4, 0.5) is 0 Å². The Balaban J connectivity index is 1.70. The van der Waals surface area contributed by atoms with Crippen LogP contribution in [-0.4, -0.2) is 36.4 Å². The largest absolute Gasteiger partial charge is 0.390 e. The van der Waals surface area contributed by atoms with Crippen LogP contribution in [0.5, 0.6) is 0 Å². The molecule has 1 aliphatic rings. The standard InChI is InChI=1S/C25H28N4O3/c1-24(2,31)13-19-18-8-5-4-7-17(18)14-27-20(19)16-28-22-15-26-11-9-21(22)29(23(28)30)25(3)10-6-12-32-25/h4-5,7-9,11,14-15,31H,6,10,12-13,16H2,1-3H3/t25-/m0/s1. The van der Waals surface area contributed by atoms with Crippen LogP contribution in [-0.2, 0) is 23.4 Å². The molecule has 1 fully saturated rings. The van der Waals surface area contributed by atoms with Gasteiger partial charge in [0.2, 0.25) is 0 Å². The molecule has 0 unspecified atom stereocenters. The fraction of sp³-hybridized carbons (Fsp3) is 0.400. The number of hydrogen-bond acceptors (Lipinski definition) is 5. The topological polar surface area (TPSA) is 82.2 Å². The van der Waals surface area contributed by atoms with E-state index in [0.29, 0.717) is 19.6 Å². The summed E-state index contributed by atoms with van der Waals surface area (Å²) in [7, 11) is 0. The van der Waals surface area contributed by atoms with E-state index in [1.807, 2.05) is 43.5 Å². The zero-order chi connectivity index (χ0) is 22.5. The van der Waals surface area contributed by atoms with Crippen molar-refractivity contribution in [3.63, 3.8) is 0 Å². The number of nitrogens with zero attached hydrogens (tertiary/aromatic N) is 4.